The Labute approximate surface area is 181 Å². The van der Waals surface area contributed by atoms with E-state index >= 15 is 0 Å². The van der Waals surface area contributed by atoms with Gasteiger partial charge in [-0.15, -0.1) is 11.3 Å². The number of thiophene rings is 1. The second kappa shape index (κ2) is 7.50. The fourth-order valence-corrected chi connectivity index (χ4v) is 4.82. The van der Waals surface area contributed by atoms with Gasteiger partial charge in [0.2, 0.25) is 0 Å². The Morgan fingerprint density at radius 3 is 2.48 bits per heavy atom. The Morgan fingerprint density at radius 1 is 0.897 bits per heavy atom. The molecule has 0 saturated heterocycles. The molecule has 0 amide bonds. The van der Waals surface area contributed by atoms with Crippen LogP contribution in [0.4, 0.5) is 0 Å². The summed E-state index contributed by atoms with van der Waals surface area (Å²) in [6, 6.07) is 27.9. The quantitative estimate of drug-likeness (QED) is 0.317. The third-order valence-electron chi connectivity index (χ3n) is 5.00. The van der Waals surface area contributed by atoms with Crippen molar-refractivity contribution in [1.82, 2.24) is 9.55 Å². The maximum absolute atomic E-state index is 10.8. The zero-order valence-electron chi connectivity index (χ0n) is 15.4. The highest BCUT2D eigenvalue weighted by Gasteiger charge is 2.26. The van der Waals surface area contributed by atoms with Gasteiger partial charge in [-0.2, -0.15) is 0 Å². The van der Waals surface area contributed by atoms with Crippen molar-refractivity contribution >= 4 is 38.3 Å². The molecule has 1 atom stereocenters. The Kier molecular flexibility index (Phi) is 4.70. The van der Waals surface area contributed by atoms with Gasteiger partial charge in [-0.1, -0.05) is 64.5 Å². The first kappa shape index (κ1) is 18.2. The number of phenols is 1. The van der Waals surface area contributed by atoms with Gasteiger partial charge in [-0.25, -0.2) is 4.98 Å². The maximum Gasteiger partial charge on any atom is 0.152 e. The van der Waals surface area contributed by atoms with Gasteiger partial charge in [-0.05, 0) is 47.3 Å². The number of phenolic OH excluding ortho intramolecular Hbond substituents is 1. The number of imidazole rings is 1. The van der Waals surface area contributed by atoms with Gasteiger partial charge in [-0.3, -0.25) is 0 Å². The Morgan fingerprint density at radius 2 is 1.69 bits per heavy atom. The summed E-state index contributed by atoms with van der Waals surface area (Å²) in [6.45, 7) is 0. The van der Waals surface area contributed by atoms with Crippen LogP contribution in [0.25, 0.3) is 21.7 Å². The molecular weight excluding hydrogens is 444 g/mol. The molecule has 142 valence electrons. The maximum atomic E-state index is 10.8. The van der Waals surface area contributed by atoms with Crippen molar-refractivity contribution in [1.29, 1.82) is 0 Å². The lowest BCUT2D eigenvalue weighted by molar-refractivity contribution is 0.461. The Hall–Kier alpha value is -2.89. The highest BCUT2D eigenvalue weighted by atomic mass is 79.9. The van der Waals surface area contributed by atoms with E-state index in [0.717, 1.165) is 37.3 Å². The number of hydrogen-bond donors (Lipinski definition) is 1. The third kappa shape index (κ3) is 3.26. The lowest BCUT2D eigenvalue weighted by Gasteiger charge is -2.24. The van der Waals surface area contributed by atoms with Gasteiger partial charge in [0, 0.05) is 10.0 Å². The SMILES string of the molecule is Oc1ccc(Br)cc1[C@@H](c1ccccc1)n1c(-c2cccs2)nc2ccccc21. The number of aromatic hydroxyl groups is 1. The van der Waals surface area contributed by atoms with Gasteiger partial charge >= 0.3 is 0 Å². The Balaban J connectivity index is 1.87. The molecular formula is C24H17BrN2OS. The number of nitrogens with zero attached hydrogens (tertiary/aromatic N) is 2. The van der Waals surface area contributed by atoms with Gasteiger partial charge in [0.25, 0.3) is 0 Å². The van der Waals surface area contributed by atoms with Crippen LogP contribution in [0.1, 0.15) is 17.2 Å². The average Bonchev–Trinajstić information content (AvgIpc) is 3.40. The fraction of sp³-hybridized carbons (Fsp3) is 0.0417. The normalized spacial score (nSPS) is 12.3. The summed E-state index contributed by atoms with van der Waals surface area (Å²) < 4.78 is 3.16. The third-order valence-corrected chi connectivity index (χ3v) is 6.35. The standard InChI is InChI=1S/C24H17BrN2OS/c25-17-12-13-21(28)18(15-17)23(16-7-2-1-3-8-16)27-20-10-5-4-9-19(20)26-24(27)22-11-6-14-29-22/h1-15,23,28H/t23-/m1/s1. The number of fused-ring (bicyclic) bond motifs is 1. The predicted molar refractivity (Wildman–Crippen MR) is 123 cm³/mol. The van der Waals surface area contributed by atoms with Crippen LogP contribution in [0.2, 0.25) is 0 Å². The highest BCUT2D eigenvalue weighted by Crippen LogP contribution is 2.40. The van der Waals surface area contributed by atoms with Crippen LogP contribution < -0.4 is 0 Å². The molecule has 0 aliphatic rings. The van der Waals surface area contributed by atoms with E-state index in [0.29, 0.717) is 0 Å². The zero-order valence-corrected chi connectivity index (χ0v) is 17.8. The molecule has 0 spiro atoms. The number of aromatic nitrogens is 2. The van der Waals surface area contributed by atoms with Gasteiger partial charge < -0.3 is 9.67 Å². The van der Waals surface area contributed by atoms with E-state index in [2.05, 4.69) is 50.1 Å². The molecule has 0 fully saturated rings. The first-order chi connectivity index (χ1) is 14.2. The van der Waals surface area contributed by atoms with Crippen LogP contribution in [0.5, 0.6) is 5.75 Å². The molecule has 1 N–H and O–H groups in total. The van der Waals surface area contributed by atoms with Crippen molar-refractivity contribution in [2.45, 2.75) is 6.04 Å². The van der Waals surface area contributed by atoms with Crippen molar-refractivity contribution in [2.24, 2.45) is 0 Å². The number of halogens is 1. The minimum Gasteiger partial charge on any atom is -0.508 e. The largest absolute Gasteiger partial charge is 0.508 e. The number of para-hydroxylation sites is 2. The molecule has 5 aromatic rings. The van der Waals surface area contributed by atoms with E-state index in [4.69, 9.17) is 4.98 Å². The van der Waals surface area contributed by atoms with Gasteiger partial charge in [0.05, 0.1) is 22.0 Å². The van der Waals surface area contributed by atoms with E-state index in [-0.39, 0.29) is 11.8 Å². The summed E-state index contributed by atoms with van der Waals surface area (Å²) in [7, 11) is 0. The van der Waals surface area contributed by atoms with E-state index in [1.165, 1.54) is 0 Å². The van der Waals surface area contributed by atoms with E-state index in [9.17, 15) is 5.11 Å². The van der Waals surface area contributed by atoms with Crippen molar-refractivity contribution < 1.29 is 5.11 Å². The van der Waals surface area contributed by atoms with Crippen LogP contribution in [0.3, 0.4) is 0 Å². The summed E-state index contributed by atoms with van der Waals surface area (Å²) in [4.78, 5) is 6.05. The molecule has 0 saturated carbocycles. The molecule has 0 bridgehead atoms. The van der Waals surface area contributed by atoms with Crippen molar-refractivity contribution in [2.75, 3.05) is 0 Å². The molecule has 0 aliphatic heterocycles. The van der Waals surface area contributed by atoms with E-state index in [1.807, 2.05) is 54.6 Å². The molecule has 3 nitrogen and oxygen atoms in total. The molecule has 0 aliphatic carbocycles. The molecule has 5 heteroatoms. The van der Waals surface area contributed by atoms with Gasteiger partial charge in [0.1, 0.15) is 5.75 Å². The van der Waals surface area contributed by atoms with E-state index in [1.54, 1.807) is 17.4 Å². The Bertz CT molecular complexity index is 1280. The topological polar surface area (TPSA) is 38.0 Å². The molecule has 0 radical (unpaired) electrons. The highest BCUT2D eigenvalue weighted by molar-refractivity contribution is 9.10. The molecule has 3 aromatic carbocycles. The van der Waals surface area contributed by atoms with Crippen LogP contribution >= 0.6 is 27.3 Å². The summed E-state index contributed by atoms with van der Waals surface area (Å²) >= 11 is 5.24. The van der Waals surface area contributed by atoms with Crippen molar-refractivity contribution in [3.05, 3.63) is 106 Å². The predicted octanol–water partition coefficient (Wildman–Crippen LogP) is 6.87. The first-order valence-corrected chi connectivity index (χ1v) is 10.9. The van der Waals surface area contributed by atoms with Crippen molar-refractivity contribution in [3.8, 4) is 16.5 Å². The van der Waals surface area contributed by atoms with E-state index < -0.39 is 0 Å². The lowest BCUT2D eigenvalue weighted by Crippen LogP contribution is -2.14. The average molecular weight is 461 g/mol. The molecule has 0 unspecified atom stereocenters. The van der Waals surface area contributed by atoms with Crippen LogP contribution in [0.15, 0.2) is 94.8 Å². The minimum absolute atomic E-state index is 0.224. The molecule has 29 heavy (non-hydrogen) atoms. The molecule has 2 aromatic heterocycles. The van der Waals surface area contributed by atoms with Crippen LogP contribution in [-0.2, 0) is 0 Å². The van der Waals surface area contributed by atoms with Crippen LogP contribution in [0, 0.1) is 0 Å². The number of benzene rings is 3. The first-order valence-electron chi connectivity index (χ1n) is 9.26. The summed E-state index contributed by atoms with van der Waals surface area (Å²) in [5.41, 5.74) is 3.88. The monoisotopic (exact) mass is 460 g/mol. The number of hydrogen-bond acceptors (Lipinski definition) is 3. The fourth-order valence-electron chi connectivity index (χ4n) is 3.73. The van der Waals surface area contributed by atoms with Crippen LogP contribution in [-0.4, -0.2) is 14.7 Å². The second-order valence-corrected chi connectivity index (χ2v) is 8.65. The summed E-state index contributed by atoms with van der Waals surface area (Å²) in [5.74, 6) is 1.16. The molecule has 2 heterocycles. The van der Waals surface area contributed by atoms with Crippen molar-refractivity contribution in [3.63, 3.8) is 0 Å². The number of rotatable bonds is 4. The summed E-state index contributed by atoms with van der Waals surface area (Å²) in [6.07, 6.45) is 0. The van der Waals surface area contributed by atoms with Gasteiger partial charge in [0.15, 0.2) is 5.82 Å². The zero-order chi connectivity index (χ0) is 19.8. The summed E-state index contributed by atoms with van der Waals surface area (Å²) in [5, 5.41) is 12.9. The molecule has 5 rings (SSSR count). The second-order valence-electron chi connectivity index (χ2n) is 6.79. The minimum atomic E-state index is -0.224. The smallest absolute Gasteiger partial charge is 0.152 e. The lowest BCUT2D eigenvalue weighted by atomic mass is 9.97.